The Labute approximate surface area is 178 Å². The normalized spacial score (nSPS) is 16.2. The Balaban J connectivity index is 1.38. The zero-order chi connectivity index (χ0) is 20.9. The Morgan fingerprint density at radius 2 is 1.90 bits per heavy atom. The van der Waals surface area contributed by atoms with E-state index in [2.05, 4.69) is 15.3 Å². The monoisotopic (exact) mass is 425 g/mol. The lowest BCUT2D eigenvalue weighted by Crippen LogP contribution is -2.39. The van der Waals surface area contributed by atoms with Crippen molar-refractivity contribution in [3.63, 3.8) is 0 Å². The number of hydrogen-bond acceptors (Lipinski definition) is 5. The average Bonchev–Trinajstić information content (AvgIpc) is 3.26. The van der Waals surface area contributed by atoms with E-state index in [1.165, 1.54) is 0 Å². The van der Waals surface area contributed by atoms with Crippen LogP contribution >= 0.6 is 11.6 Å². The molecule has 3 aromatic rings. The quantitative estimate of drug-likeness (QED) is 0.562. The topological polar surface area (TPSA) is 93.3 Å². The maximum Gasteiger partial charge on any atom is 0.234 e. The zero-order valence-electron chi connectivity index (χ0n) is 16.1. The van der Waals surface area contributed by atoms with E-state index < -0.39 is 5.92 Å². The number of ether oxygens (including phenoxy) is 2. The van der Waals surface area contributed by atoms with Gasteiger partial charge >= 0.3 is 0 Å². The van der Waals surface area contributed by atoms with Gasteiger partial charge in [-0.2, -0.15) is 0 Å². The van der Waals surface area contributed by atoms with Gasteiger partial charge in [-0.15, -0.1) is 0 Å². The number of nitrogens with one attached hydrogen (secondary N) is 2. The predicted octanol–water partition coefficient (Wildman–Crippen LogP) is 3.74. The molecule has 1 saturated heterocycles. The summed E-state index contributed by atoms with van der Waals surface area (Å²) in [5.74, 6) is 0.211. The molecule has 2 N–H and O–H groups in total. The van der Waals surface area contributed by atoms with Gasteiger partial charge in [0.1, 0.15) is 24.7 Å². The Kier molecular flexibility index (Phi) is 5.99. The van der Waals surface area contributed by atoms with Gasteiger partial charge in [0.25, 0.3) is 0 Å². The van der Waals surface area contributed by atoms with E-state index in [9.17, 15) is 9.59 Å². The third-order valence-corrected chi connectivity index (χ3v) is 5.28. The van der Waals surface area contributed by atoms with Crippen molar-refractivity contribution >= 4 is 23.4 Å². The number of amides is 2. The number of H-pyrrole nitrogens is 1. The first-order valence-electron chi connectivity index (χ1n) is 9.54. The molecule has 154 valence electrons. The molecule has 1 aliphatic heterocycles. The van der Waals surface area contributed by atoms with Gasteiger partial charge in [-0.3, -0.25) is 14.9 Å². The van der Waals surface area contributed by atoms with Gasteiger partial charge in [-0.1, -0.05) is 35.9 Å². The molecule has 1 aliphatic rings. The first kappa shape index (κ1) is 20.0. The molecule has 2 amide bonds. The minimum atomic E-state index is -0.454. The molecule has 0 radical (unpaired) electrons. The fourth-order valence-electron chi connectivity index (χ4n) is 3.27. The largest absolute Gasteiger partial charge is 0.487 e. The van der Waals surface area contributed by atoms with Crippen molar-refractivity contribution < 1.29 is 19.1 Å². The van der Waals surface area contributed by atoms with Crippen molar-refractivity contribution in [1.82, 2.24) is 15.3 Å². The van der Waals surface area contributed by atoms with Crippen LogP contribution in [0.3, 0.4) is 0 Å². The van der Waals surface area contributed by atoms with Crippen molar-refractivity contribution in [3.05, 3.63) is 76.8 Å². The fourth-order valence-corrected chi connectivity index (χ4v) is 3.58. The summed E-state index contributed by atoms with van der Waals surface area (Å²) in [5, 5.41) is 2.76. The number of halogens is 1. The smallest absolute Gasteiger partial charge is 0.234 e. The molecule has 0 saturated carbocycles. The SMILES string of the molecule is O=C1CCC(c2cccc(OCc3ccc(OCc4cnc[nH]4)cc3)c2Cl)C(=O)N1. The number of imide groups is 1. The van der Waals surface area contributed by atoms with E-state index in [0.717, 1.165) is 17.0 Å². The average molecular weight is 426 g/mol. The van der Waals surface area contributed by atoms with Crippen molar-refractivity contribution in [3.8, 4) is 11.5 Å². The first-order chi connectivity index (χ1) is 14.6. The number of rotatable bonds is 7. The highest BCUT2D eigenvalue weighted by Crippen LogP contribution is 2.36. The standard InChI is InChI=1S/C22H20ClN3O4/c23-21-17(18-8-9-20(27)26-22(18)28)2-1-3-19(21)30-11-14-4-6-16(7-5-14)29-12-15-10-24-13-25-15/h1-7,10,13,18H,8-9,11-12H2,(H,24,25)(H,26,27,28). The molecule has 2 heterocycles. The number of piperidine rings is 1. The number of aromatic nitrogens is 2. The predicted molar refractivity (Wildman–Crippen MR) is 110 cm³/mol. The molecule has 30 heavy (non-hydrogen) atoms. The fraction of sp³-hybridized carbons (Fsp3) is 0.227. The molecule has 1 atom stereocenters. The Morgan fingerprint density at radius 1 is 1.07 bits per heavy atom. The molecule has 0 bridgehead atoms. The van der Waals surface area contributed by atoms with Crippen LogP contribution < -0.4 is 14.8 Å². The molecule has 2 aromatic carbocycles. The minimum Gasteiger partial charge on any atom is -0.487 e. The van der Waals surface area contributed by atoms with Gasteiger partial charge in [0.05, 0.1) is 29.2 Å². The second-order valence-electron chi connectivity index (χ2n) is 6.96. The van der Waals surface area contributed by atoms with Crippen LogP contribution in [-0.4, -0.2) is 21.8 Å². The highest BCUT2D eigenvalue weighted by atomic mass is 35.5. The van der Waals surface area contributed by atoms with E-state index in [-0.39, 0.29) is 11.8 Å². The summed E-state index contributed by atoms with van der Waals surface area (Å²) >= 11 is 6.51. The van der Waals surface area contributed by atoms with Crippen LogP contribution in [0.1, 0.15) is 35.6 Å². The maximum absolute atomic E-state index is 12.2. The number of benzene rings is 2. The van der Waals surface area contributed by atoms with E-state index in [1.807, 2.05) is 24.3 Å². The van der Waals surface area contributed by atoms with E-state index in [0.29, 0.717) is 42.4 Å². The van der Waals surface area contributed by atoms with Gasteiger partial charge in [0, 0.05) is 6.42 Å². The molecule has 1 unspecified atom stereocenters. The summed E-state index contributed by atoms with van der Waals surface area (Å²) in [5.41, 5.74) is 2.51. The number of aromatic amines is 1. The van der Waals surface area contributed by atoms with Gasteiger partial charge in [0.15, 0.2) is 0 Å². The summed E-state index contributed by atoms with van der Waals surface area (Å²) in [6.07, 6.45) is 4.06. The number of carbonyl (C=O) groups is 2. The lowest BCUT2D eigenvalue weighted by atomic mass is 9.90. The van der Waals surface area contributed by atoms with Crippen LogP contribution in [0.5, 0.6) is 11.5 Å². The first-order valence-corrected chi connectivity index (χ1v) is 9.92. The number of imidazole rings is 1. The summed E-state index contributed by atoms with van der Waals surface area (Å²) in [6.45, 7) is 0.734. The van der Waals surface area contributed by atoms with Crippen LogP contribution in [0.4, 0.5) is 0 Å². The highest BCUT2D eigenvalue weighted by Gasteiger charge is 2.30. The number of nitrogens with zero attached hydrogens (tertiary/aromatic N) is 1. The molecule has 8 heteroatoms. The molecule has 7 nitrogen and oxygen atoms in total. The molecule has 0 aliphatic carbocycles. The Bertz CT molecular complexity index is 1040. The van der Waals surface area contributed by atoms with Crippen molar-refractivity contribution in [1.29, 1.82) is 0 Å². The summed E-state index contributed by atoms with van der Waals surface area (Å²) < 4.78 is 11.6. The van der Waals surface area contributed by atoms with E-state index in [1.54, 1.807) is 30.7 Å². The second kappa shape index (κ2) is 9.00. The zero-order valence-corrected chi connectivity index (χ0v) is 16.8. The van der Waals surface area contributed by atoms with Gasteiger partial charge in [-0.25, -0.2) is 4.98 Å². The second-order valence-corrected chi connectivity index (χ2v) is 7.34. The van der Waals surface area contributed by atoms with Gasteiger partial charge < -0.3 is 14.5 Å². The molecule has 0 spiro atoms. The summed E-state index contributed by atoms with van der Waals surface area (Å²) in [7, 11) is 0. The van der Waals surface area contributed by atoms with Gasteiger partial charge in [0.2, 0.25) is 11.8 Å². The molecule has 1 aromatic heterocycles. The van der Waals surface area contributed by atoms with Gasteiger partial charge in [-0.05, 0) is 35.7 Å². The molecule has 1 fully saturated rings. The van der Waals surface area contributed by atoms with E-state index >= 15 is 0 Å². The minimum absolute atomic E-state index is 0.253. The van der Waals surface area contributed by atoms with Crippen LogP contribution in [0.2, 0.25) is 5.02 Å². The number of carbonyl (C=O) groups excluding carboxylic acids is 2. The molecular weight excluding hydrogens is 406 g/mol. The summed E-state index contributed by atoms with van der Waals surface area (Å²) in [4.78, 5) is 30.5. The lowest BCUT2D eigenvalue weighted by Gasteiger charge is -2.22. The molecular formula is C22H20ClN3O4. The van der Waals surface area contributed by atoms with E-state index in [4.69, 9.17) is 21.1 Å². The van der Waals surface area contributed by atoms with Crippen molar-refractivity contribution in [2.75, 3.05) is 0 Å². The Hall–Kier alpha value is -3.32. The van der Waals surface area contributed by atoms with Crippen molar-refractivity contribution in [2.24, 2.45) is 0 Å². The van der Waals surface area contributed by atoms with Crippen LogP contribution in [0.25, 0.3) is 0 Å². The third-order valence-electron chi connectivity index (χ3n) is 4.87. The van der Waals surface area contributed by atoms with Crippen LogP contribution in [0, 0.1) is 0 Å². The van der Waals surface area contributed by atoms with Crippen molar-refractivity contribution in [2.45, 2.75) is 32.0 Å². The Morgan fingerprint density at radius 3 is 2.63 bits per heavy atom. The lowest BCUT2D eigenvalue weighted by molar-refractivity contribution is -0.134. The third kappa shape index (κ3) is 4.63. The molecule has 4 rings (SSSR count). The van der Waals surface area contributed by atoms with Crippen LogP contribution in [0.15, 0.2) is 55.0 Å². The summed E-state index contributed by atoms with van der Waals surface area (Å²) in [6, 6.07) is 12.9. The highest BCUT2D eigenvalue weighted by molar-refractivity contribution is 6.33. The number of hydrogen-bond donors (Lipinski definition) is 2. The van der Waals surface area contributed by atoms with Crippen LogP contribution in [-0.2, 0) is 22.8 Å². The maximum atomic E-state index is 12.2.